The number of hydrogen-bond acceptors (Lipinski definition) is 2. The molecular formula is C56H41NS. The van der Waals surface area contributed by atoms with Gasteiger partial charge in [0, 0.05) is 38.8 Å². The minimum Gasteiger partial charge on any atom is -0.318 e. The van der Waals surface area contributed by atoms with Gasteiger partial charge in [-0.2, -0.15) is 0 Å². The monoisotopic (exact) mass is 759 g/mol. The van der Waals surface area contributed by atoms with Crippen molar-refractivity contribution in [1.29, 1.82) is 0 Å². The Morgan fingerprint density at radius 3 is 2.02 bits per heavy atom. The molecule has 2 heteroatoms. The second-order valence-electron chi connectivity index (χ2n) is 16.2. The molecule has 58 heavy (non-hydrogen) atoms. The van der Waals surface area contributed by atoms with Gasteiger partial charge < -0.3 is 4.90 Å². The van der Waals surface area contributed by atoms with E-state index in [4.69, 9.17) is 0 Å². The highest BCUT2D eigenvalue weighted by Gasteiger charge is 2.46. The van der Waals surface area contributed by atoms with Gasteiger partial charge in [-0.15, -0.1) is 11.3 Å². The first-order chi connectivity index (χ1) is 28.8. The lowest BCUT2D eigenvalue weighted by atomic mass is 9.67. The largest absolute Gasteiger partial charge is 0.318 e. The summed E-state index contributed by atoms with van der Waals surface area (Å²) in [6.07, 6.45) is 12.4. The Morgan fingerprint density at radius 1 is 0.534 bits per heavy atom. The van der Waals surface area contributed by atoms with Crippen LogP contribution in [0, 0.1) is 0 Å². The van der Waals surface area contributed by atoms with Gasteiger partial charge in [0.2, 0.25) is 0 Å². The summed E-state index contributed by atoms with van der Waals surface area (Å²) in [7, 11) is 0. The van der Waals surface area contributed by atoms with Crippen molar-refractivity contribution in [2.24, 2.45) is 0 Å². The van der Waals surface area contributed by atoms with Crippen LogP contribution in [0.2, 0.25) is 0 Å². The second kappa shape index (κ2) is 13.3. The first-order valence-corrected chi connectivity index (χ1v) is 21.5. The molecule has 1 aromatic heterocycles. The van der Waals surface area contributed by atoms with Gasteiger partial charge >= 0.3 is 0 Å². The summed E-state index contributed by atoms with van der Waals surface area (Å²) in [5, 5.41) is 2.72. The number of anilines is 1. The molecule has 0 fully saturated rings. The van der Waals surface area contributed by atoms with Gasteiger partial charge in [0.05, 0.1) is 5.41 Å². The van der Waals surface area contributed by atoms with Crippen LogP contribution in [0.1, 0.15) is 62.2 Å². The van der Waals surface area contributed by atoms with E-state index in [2.05, 4.69) is 193 Å². The number of hydrogen-bond donors (Lipinski definition) is 0. The number of allylic oxidation sites excluding steroid dienone is 5. The molecule has 8 aromatic rings. The van der Waals surface area contributed by atoms with Crippen LogP contribution in [0.5, 0.6) is 0 Å². The van der Waals surface area contributed by atoms with Crippen LogP contribution in [-0.4, -0.2) is 0 Å². The fourth-order valence-electron chi connectivity index (χ4n) is 10.7. The zero-order chi connectivity index (χ0) is 38.2. The van der Waals surface area contributed by atoms with E-state index >= 15 is 0 Å². The Labute approximate surface area is 344 Å². The predicted molar refractivity (Wildman–Crippen MR) is 244 cm³/mol. The first kappa shape index (κ1) is 33.6. The maximum absolute atomic E-state index is 2.62. The van der Waals surface area contributed by atoms with Crippen LogP contribution in [0.4, 0.5) is 5.69 Å². The van der Waals surface area contributed by atoms with E-state index in [0.717, 1.165) is 32.1 Å². The van der Waals surface area contributed by atoms with Gasteiger partial charge in [-0.3, -0.25) is 0 Å². The molecule has 0 radical (unpaired) electrons. The van der Waals surface area contributed by atoms with Gasteiger partial charge in [0.15, 0.2) is 0 Å². The summed E-state index contributed by atoms with van der Waals surface area (Å²) in [6, 6.07) is 63.4. The van der Waals surface area contributed by atoms with Crippen molar-refractivity contribution >= 4 is 39.4 Å². The SMILES string of the molecule is C1=C(c2ccccc2)CCC(N(C2=Cc3c(sc4c3CCc3ccc5ccccc5c3-4)C2)c2cccc(C3(c4ccccc4)c4ccccc4-c4ccccc43)c2)=C1. The molecule has 4 aliphatic carbocycles. The molecule has 0 saturated heterocycles. The Hall–Kier alpha value is -6.48. The minimum absolute atomic E-state index is 0.449. The Balaban J connectivity index is 1.04. The van der Waals surface area contributed by atoms with Crippen LogP contribution in [0.25, 0.3) is 44.0 Å². The first-order valence-electron chi connectivity index (χ1n) is 20.7. The molecule has 0 unspecified atom stereocenters. The fourth-order valence-corrected chi connectivity index (χ4v) is 12.1. The molecule has 0 amide bonds. The average Bonchev–Trinajstić information content (AvgIpc) is 3.96. The van der Waals surface area contributed by atoms with Crippen LogP contribution in [-0.2, 0) is 24.7 Å². The second-order valence-corrected chi connectivity index (χ2v) is 17.3. The molecule has 276 valence electrons. The third kappa shape index (κ3) is 5.01. The highest BCUT2D eigenvalue weighted by molar-refractivity contribution is 7.16. The van der Waals surface area contributed by atoms with Crippen molar-refractivity contribution < 1.29 is 0 Å². The van der Waals surface area contributed by atoms with Gasteiger partial charge in [-0.1, -0.05) is 164 Å². The minimum atomic E-state index is -0.449. The molecule has 0 aliphatic heterocycles. The maximum atomic E-state index is 2.62. The summed E-state index contributed by atoms with van der Waals surface area (Å²) < 4.78 is 0. The van der Waals surface area contributed by atoms with E-state index in [0.29, 0.717) is 0 Å². The zero-order valence-corrected chi connectivity index (χ0v) is 33.1. The van der Waals surface area contributed by atoms with Crippen LogP contribution in [0.15, 0.2) is 193 Å². The molecule has 7 aromatic carbocycles. The Bertz CT molecular complexity index is 2990. The van der Waals surface area contributed by atoms with Gasteiger partial charge in [0.25, 0.3) is 0 Å². The van der Waals surface area contributed by atoms with E-state index in [9.17, 15) is 0 Å². The molecule has 0 N–H and O–H groups in total. The van der Waals surface area contributed by atoms with Crippen molar-refractivity contribution in [1.82, 2.24) is 0 Å². The molecule has 0 spiro atoms. The van der Waals surface area contributed by atoms with E-state index in [1.54, 1.807) is 5.56 Å². The smallest absolute Gasteiger partial charge is 0.0714 e. The van der Waals surface area contributed by atoms with Crippen molar-refractivity contribution in [3.63, 3.8) is 0 Å². The summed E-state index contributed by atoms with van der Waals surface area (Å²) >= 11 is 2.04. The number of benzene rings is 7. The number of aryl methyl sites for hydroxylation is 1. The molecular weight excluding hydrogens is 719 g/mol. The fraction of sp³-hybridized carbons (Fsp3) is 0.107. The van der Waals surface area contributed by atoms with Crippen molar-refractivity contribution in [2.75, 3.05) is 4.90 Å². The van der Waals surface area contributed by atoms with E-state index in [1.165, 1.54) is 98.8 Å². The quantitative estimate of drug-likeness (QED) is 0.163. The highest BCUT2D eigenvalue weighted by atomic mass is 32.1. The highest BCUT2D eigenvalue weighted by Crippen LogP contribution is 2.57. The zero-order valence-electron chi connectivity index (χ0n) is 32.3. The molecule has 0 bridgehead atoms. The standard InChI is InChI=1S/C56H41NS/c1-3-14-37(15-4-1)38-28-31-43(32-29-38)57(45-35-50-49-33-30-40-27-26-39-16-7-8-21-46(39)54(40)55(49)58-53(50)36-45)44-20-13-19-42(34-44)56(41-17-5-2-6-18-41)51-24-11-9-22-47(51)48-23-10-12-25-52(48)56/h1-28,31,34-35H,29-30,32-33,36H2. The lowest BCUT2D eigenvalue weighted by Gasteiger charge is -2.36. The van der Waals surface area contributed by atoms with Crippen molar-refractivity contribution in [2.45, 2.75) is 37.5 Å². The van der Waals surface area contributed by atoms with Crippen LogP contribution < -0.4 is 4.90 Å². The number of thiophene rings is 1. The van der Waals surface area contributed by atoms with E-state index in [-0.39, 0.29) is 0 Å². The van der Waals surface area contributed by atoms with Gasteiger partial charge in [0.1, 0.15) is 0 Å². The topological polar surface area (TPSA) is 3.24 Å². The molecule has 1 nitrogen and oxygen atoms in total. The lowest BCUT2D eigenvalue weighted by molar-refractivity contribution is 0.767. The Morgan fingerprint density at radius 2 is 1.24 bits per heavy atom. The normalized spacial score (nSPS) is 15.7. The van der Waals surface area contributed by atoms with Crippen molar-refractivity contribution in [3.05, 3.63) is 243 Å². The van der Waals surface area contributed by atoms with Crippen molar-refractivity contribution in [3.8, 4) is 21.6 Å². The third-order valence-electron chi connectivity index (χ3n) is 13.2. The maximum Gasteiger partial charge on any atom is 0.0714 e. The van der Waals surface area contributed by atoms with Crippen LogP contribution in [0.3, 0.4) is 0 Å². The summed E-state index contributed by atoms with van der Waals surface area (Å²) in [4.78, 5) is 5.61. The summed E-state index contributed by atoms with van der Waals surface area (Å²) in [6.45, 7) is 0. The third-order valence-corrected chi connectivity index (χ3v) is 14.5. The average molecular weight is 760 g/mol. The van der Waals surface area contributed by atoms with Crippen LogP contribution >= 0.6 is 11.3 Å². The van der Waals surface area contributed by atoms with Gasteiger partial charge in [-0.25, -0.2) is 0 Å². The summed E-state index contributed by atoms with van der Waals surface area (Å²) in [5.74, 6) is 0. The number of rotatable bonds is 6. The van der Waals surface area contributed by atoms with E-state index < -0.39 is 5.41 Å². The molecule has 0 saturated carbocycles. The summed E-state index contributed by atoms with van der Waals surface area (Å²) in [5.41, 5.74) is 20.1. The molecule has 0 atom stereocenters. The Kier molecular flexibility index (Phi) is 7.71. The molecule has 1 heterocycles. The van der Waals surface area contributed by atoms with E-state index in [1.807, 2.05) is 11.3 Å². The predicted octanol–water partition coefficient (Wildman–Crippen LogP) is 14.2. The molecule has 4 aliphatic rings. The lowest BCUT2D eigenvalue weighted by Crippen LogP contribution is -2.29. The molecule has 12 rings (SSSR count). The number of nitrogens with zero attached hydrogens (tertiary/aromatic N) is 1. The van der Waals surface area contributed by atoms with Gasteiger partial charge in [-0.05, 0) is 122 Å². The number of fused-ring (bicyclic) bond motifs is 10.